The van der Waals surface area contributed by atoms with E-state index in [1.807, 2.05) is 25.1 Å². The van der Waals surface area contributed by atoms with Crippen LogP contribution in [0.15, 0.2) is 18.2 Å². The fourth-order valence-electron chi connectivity index (χ4n) is 0.992. The fraction of sp³-hybridized carbons (Fsp3) is 0.125. The summed E-state index contributed by atoms with van der Waals surface area (Å²) in [5, 5.41) is 3.67. The van der Waals surface area contributed by atoms with Gasteiger partial charge in [-0.15, -0.1) is 0 Å². The Hall–Kier alpha value is -1.31. The number of nitrogens with zero attached hydrogens (tertiary/aromatic N) is 1. The maximum Gasteiger partial charge on any atom is 0.314 e. The zero-order chi connectivity index (χ0) is 6.97. The lowest BCUT2D eigenvalue weighted by molar-refractivity contribution is 0.294. The van der Waals surface area contributed by atoms with Crippen LogP contribution < -0.4 is 9.99 Å². The van der Waals surface area contributed by atoms with Crippen LogP contribution in [0.1, 0.15) is 11.1 Å². The minimum atomic E-state index is 0.852. The monoisotopic (exact) mass is 133 g/mol. The van der Waals surface area contributed by atoms with E-state index in [0.717, 1.165) is 11.3 Å². The topological polar surface area (TPSA) is 23.3 Å². The molecule has 0 aromatic heterocycles. The summed E-state index contributed by atoms with van der Waals surface area (Å²) in [7, 11) is 0. The van der Waals surface area contributed by atoms with E-state index in [-0.39, 0.29) is 0 Å². The molecule has 0 unspecified atom stereocenters. The number of benzene rings is 1. The van der Waals surface area contributed by atoms with Gasteiger partial charge in [0.25, 0.3) is 5.16 Å². The molecule has 1 radical (unpaired) electrons. The molecule has 1 aliphatic heterocycles. The van der Waals surface area contributed by atoms with E-state index >= 15 is 0 Å². The van der Waals surface area contributed by atoms with E-state index in [0.29, 0.717) is 0 Å². The molecule has 2 nitrogen and oxygen atoms in total. The molecule has 0 saturated carbocycles. The van der Waals surface area contributed by atoms with Crippen molar-refractivity contribution < 1.29 is 4.84 Å². The van der Waals surface area contributed by atoms with Crippen molar-refractivity contribution in [2.45, 2.75) is 6.92 Å². The van der Waals surface area contributed by atoms with Gasteiger partial charge in [-0.1, -0.05) is 11.6 Å². The second-order valence-electron chi connectivity index (χ2n) is 2.37. The second-order valence-corrected chi connectivity index (χ2v) is 2.37. The summed E-state index contributed by atoms with van der Waals surface area (Å²) in [4.78, 5) is 4.92. The van der Waals surface area contributed by atoms with Crippen LogP contribution in [0, 0.1) is 6.92 Å². The molecule has 0 amide bonds. The third-order valence-corrected chi connectivity index (χ3v) is 1.51. The molecule has 0 fully saturated rings. The fourth-order valence-corrected chi connectivity index (χ4v) is 0.992. The number of aryl methyl sites for hydroxylation is 1. The second kappa shape index (κ2) is 1.84. The van der Waals surface area contributed by atoms with Crippen LogP contribution in [0.4, 0.5) is 0 Å². The quantitative estimate of drug-likeness (QED) is 0.519. The molecule has 0 spiro atoms. The molecule has 1 heterocycles. The number of rotatable bonds is 0. The lowest BCUT2D eigenvalue weighted by Gasteiger charge is -1.90. The zero-order valence-electron chi connectivity index (χ0n) is 5.66. The highest BCUT2D eigenvalue weighted by Gasteiger charge is 2.17. The maximum absolute atomic E-state index is 4.92. The summed E-state index contributed by atoms with van der Waals surface area (Å²) in [6.07, 6.45) is 1.72. The SMILES string of the molecule is Cc1ccc2c(c1)C=[N+]O2. The summed E-state index contributed by atoms with van der Waals surface area (Å²) in [6, 6.07) is 5.98. The highest BCUT2D eigenvalue weighted by molar-refractivity contribution is 5.84. The molecular weight excluding hydrogens is 126 g/mol. The normalized spacial score (nSPS) is 12.9. The van der Waals surface area contributed by atoms with Crippen molar-refractivity contribution in [2.24, 2.45) is 0 Å². The molecule has 1 aromatic carbocycles. The Morgan fingerprint density at radius 3 is 3.20 bits per heavy atom. The third-order valence-electron chi connectivity index (χ3n) is 1.51. The minimum Gasteiger partial charge on any atom is -0.171 e. The average molecular weight is 133 g/mol. The standard InChI is InChI=1S/C8H7NO/c1-6-2-3-8-7(4-6)5-9-10-8/h2-5H,1H3/q+1. The smallest absolute Gasteiger partial charge is 0.171 e. The van der Waals surface area contributed by atoms with Gasteiger partial charge in [-0.25, -0.2) is 0 Å². The van der Waals surface area contributed by atoms with Crippen LogP contribution in [0.3, 0.4) is 0 Å². The van der Waals surface area contributed by atoms with Crippen LogP contribution in [-0.4, -0.2) is 6.21 Å². The van der Waals surface area contributed by atoms with E-state index in [2.05, 4.69) is 5.16 Å². The summed E-state index contributed by atoms with van der Waals surface area (Å²) in [6.45, 7) is 2.05. The summed E-state index contributed by atoms with van der Waals surface area (Å²) >= 11 is 0. The Bertz CT molecular complexity index is 291. The first-order valence-electron chi connectivity index (χ1n) is 3.17. The molecule has 0 aliphatic carbocycles. The van der Waals surface area contributed by atoms with Gasteiger partial charge in [-0.3, -0.25) is 0 Å². The van der Waals surface area contributed by atoms with Crippen LogP contribution in [0.2, 0.25) is 0 Å². The molecule has 0 bridgehead atoms. The largest absolute Gasteiger partial charge is 0.314 e. The van der Waals surface area contributed by atoms with Gasteiger partial charge in [0.1, 0.15) is 5.56 Å². The van der Waals surface area contributed by atoms with Gasteiger partial charge in [0.2, 0.25) is 5.75 Å². The van der Waals surface area contributed by atoms with E-state index < -0.39 is 0 Å². The van der Waals surface area contributed by atoms with Crippen molar-refractivity contribution in [3.63, 3.8) is 0 Å². The first kappa shape index (κ1) is 5.47. The predicted molar refractivity (Wildman–Crippen MR) is 39.1 cm³/mol. The Morgan fingerprint density at radius 1 is 1.40 bits per heavy atom. The third kappa shape index (κ3) is 0.692. The Morgan fingerprint density at radius 2 is 2.30 bits per heavy atom. The molecule has 0 saturated heterocycles. The van der Waals surface area contributed by atoms with Crippen molar-refractivity contribution in [1.29, 1.82) is 0 Å². The van der Waals surface area contributed by atoms with Crippen molar-refractivity contribution >= 4 is 6.21 Å². The van der Waals surface area contributed by atoms with Gasteiger partial charge in [0, 0.05) is 0 Å². The maximum atomic E-state index is 4.92. The predicted octanol–water partition coefficient (Wildman–Crippen LogP) is 1.06. The van der Waals surface area contributed by atoms with Gasteiger partial charge in [-0.2, -0.15) is 4.84 Å². The molecule has 2 rings (SSSR count). The molecule has 2 heteroatoms. The van der Waals surface area contributed by atoms with Gasteiger partial charge in [-0.05, 0) is 19.1 Å². The molecular formula is C8H7NO+. The number of hydrogen-bond donors (Lipinski definition) is 0. The van der Waals surface area contributed by atoms with Gasteiger partial charge in [0.15, 0.2) is 0 Å². The van der Waals surface area contributed by atoms with E-state index in [9.17, 15) is 0 Å². The summed E-state index contributed by atoms with van der Waals surface area (Å²) < 4.78 is 0. The average Bonchev–Trinajstić information content (AvgIpc) is 2.33. The van der Waals surface area contributed by atoms with Crippen LogP contribution >= 0.6 is 0 Å². The number of fused-ring (bicyclic) bond motifs is 1. The Labute approximate surface area is 59.1 Å². The van der Waals surface area contributed by atoms with Crippen LogP contribution in [-0.2, 0) is 0 Å². The summed E-state index contributed by atoms with van der Waals surface area (Å²) in [5.41, 5.74) is 2.30. The number of hydrogen-bond acceptors (Lipinski definition) is 2. The minimum absolute atomic E-state index is 0.852. The first-order valence-corrected chi connectivity index (χ1v) is 3.17. The number of oxime groups is 1. The summed E-state index contributed by atoms with van der Waals surface area (Å²) in [5.74, 6) is 0.852. The first-order chi connectivity index (χ1) is 4.86. The van der Waals surface area contributed by atoms with Crippen molar-refractivity contribution in [3.8, 4) is 5.75 Å². The molecule has 0 N–H and O–H groups in total. The van der Waals surface area contributed by atoms with Crippen LogP contribution in [0.5, 0.6) is 5.75 Å². The molecule has 49 valence electrons. The molecule has 1 aliphatic rings. The van der Waals surface area contributed by atoms with E-state index in [4.69, 9.17) is 4.84 Å². The lowest BCUT2D eigenvalue weighted by atomic mass is 10.1. The molecule has 0 atom stereocenters. The van der Waals surface area contributed by atoms with E-state index in [1.165, 1.54) is 5.56 Å². The van der Waals surface area contributed by atoms with E-state index in [1.54, 1.807) is 6.21 Å². The molecule has 10 heavy (non-hydrogen) atoms. The van der Waals surface area contributed by atoms with Gasteiger partial charge >= 0.3 is 6.21 Å². The van der Waals surface area contributed by atoms with Gasteiger partial charge in [0.05, 0.1) is 0 Å². The van der Waals surface area contributed by atoms with Crippen LogP contribution in [0.25, 0.3) is 0 Å². The van der Waals surface area contributed by atoms with Crippen molar-refractivity contribution in [1.82, 2.24) is 5.16 Å². The van der Waals surface area contributed by atoms with Gasteiger partial charge < -0.3 is 0 Å². The highest BCUT2D eigenvalue weighted by Crippen LogP contribution is 2.19. The highest BCUT2D eigenvalue weighted by atomic mass is 16.6. The lowest BCUT2D eigenvalue weighted by Crippen LogP contribution is -1.86. The Balaban J connectivity index is 2.60. The zero-order valence-corrected chi connectivity index (χ0v) is 5.66. The van der Waals surface area contributed by atoms with Crippen molar-refractivity contribution in [2.75, 3.05) is 0 Å². The Kier molecular flexibility index (Phi) is 1.01. The molecule has 1 aromatic rings. The van der Waals surface area contributed by atoms with Crippen molar-refractivity contribution in [3.05, 3.63) is 29.3 Å².